The molecule has 3 N–H and O–H groups in total. The Morgan fingerprint density at radius 3 is 2.36 bits per heavy atom. The van der Waals surface area contributed by atoms with Crippen molar-refractivity contribution in [3.63, 3.8) is 0 Å². The molecule has 2 fully saturated rings. The Morgan fingerprint density at radius 1 is 1.12 bits per heavy atom. The van der Waals surface area contributed by atoms with Crippen LogP contribution in [0.5, 0.6) is 0 Å². The van der Waals surface area contributed by atoms with Gasteiger partial charge in [0.25, 0.3) is 0 Å². The molecule has 3 rings (SSSR count). The molecule has 0 spiro atoms. The van der Waals surface area contributed by atoms with Gasteiger partial charge in [0.05, 0.1) is 5.54 Å². The SMILES string of the molecule is CN1CCN(Cc2ccc(CNC(=O)C3(N)CCOCC3)cc2)CC1. The van der Waals surface area contributed by atoms with Crippen LogP contribution in [0.2, 0.25) is 0 Å². The van der Waals surface area contributed by atoms with Gasteiger partial charge in [0.1, 0.15) is 0 Å². The summed E-state index contributed by atoms with van der Waals surface area (Å²) in [6, 6.07) is 8.51. The second-order valence-electron chi connectivity index (χ2n) is 7.35. The molecule has 1 aromatic carbocycles. The molecular formula is C19H30N4O2. The smallest absolute Gasteiger partial charge is 0.240 e. The summed E-state index contributed by atoms with van der Waals surface area (Å²) in [5, 5.41) is 2.98. The maximum atomic E-state index is 12.3. The highest BCUT2D eigenvalue weighted by Crippen LogP contribution is 2.18. The van der Waals surface area contributed by atoms with Gasteiger partial charge in [0.2, 0.25) is 5.91 Å². The highest BCUT2D eigenvalue weighted by atomic mass is 16.5. The number of piperazine rings is 1. The van der Waals surface area contributed by atoms with E-state index in [-0.39, 0.29) is 5.91 Å². The molecule has 0 unspecified atom stereocenters. The number of carbonyl (C=O) groups is 1. The summed E-state index contributed by atoms with van der Waals surface area (Å²) in [5.74, 6) is -0.0719. The Morgan fingerprint density at radius 2 is 1.72 bits per heavy atom. The van der Waals surface area contributed by atoms with E-state index in [4.69, 9.17) is 10.5 Å². The van der Waals surface area contributed by atoms with Crippen LogP contribution in [0.4, 0.5) is 0 Å². The molecule has 0 aliphatic carbocycles. The van der Waals surface area contributed by atoms with Gasteiger partial charge in [-0.05, 0) is 31.0 Å². The van der Waals surface area contributed by atoms with E-state index < -0.39 is 5.54 Å². The van der Waals surface area contributed by atoms with Gasteiger partial charge in [0.15, 0.2) is 0 Å². The first-order valence-corrected chi connectivity index (χ1v) is 9.19. The van der Waals surface area contributed by atoms with Gasteiger partial charge in [-0.15, -0.1) is 0 Å². The maximum Gasteiger partial charge on any atom is 0.240 e. The van der Waals surface area contributed by atoms with Gasteiger partial charge < -0.3 is 20.7 Å². The van der Waals surface area contributed by atoms with Crippen molar-refractivity contribution in [3.05, 3.63) is 35.4 Å². The van der Waals surface area contributed by atoms with Crippen molar-refractivity contribution in [1.29, 1.82) is 0 Å². The van der Waals surface area contributed by atoms with Crippen molar-refractivity contribution >= 4 is 5.91 Å². The van der Waals surface area contributed by atoms with Crippen LogP contribution in [0.3, 0.4) is 0 Å². The number of amides is 1. The van der Waals surface area contributed by atoms with Gasteiger partial charge >= 0.3 is 0 Å². The van der Waals surface area contributed by atoms with Gasteiger partial charge in [-0.3, -0.25) is 9.69 Å². The standard InChI is InChI=1S/C19H30N4O2/c1-22-8-10-23(11-9-22)15-17-4-2-16(3-5-17)14-21-18(24)19(20)6-12-25-13-7-19/h2-5H,6-15,20H2,1H3,(H,21,24). The van der Waals surface area contributed by atoms with E-state index >= 15 is 0 Å². The fraction of sp³-hybridized carbons (Fsp3) is 0.632. The Labute approximate surface area is 150 Å². The molecule has 2 heterocycles. The molecule has 0 aromatic heterocycles. The second kappa shape index (κ2) is 8.27. The van der Waals surface area contributed by atoms with E-state index in [1.165, 1.54) is 5.56 Å². The van der Waals surface area contributed by atoms with Crippen molar-refractivity contribution in [2.24, 2.45) is 5.73 Å². The normalized spacial score (nSPS) is 21.8. The van der Waals surface area contributed by atoms with Crippen molar-refractivity contribution in [1.82, 2.24) is 15.1 Å². The minimum Gasteiger partial charge on any atom is -0.381 e. The topological polar surface area (TPSA) is 70.8 Å². The zero-order valence-corrected chi connectivity index (χ0v) is 15.2. The van der Waals surface area contributed by atoms with Crippen LogP contribution in [0.25, 0.3) is 0 Å². The molecular weight excluding hydrogens is 316 g/mol. The Hall–Kier alpha value is -1.47. The number of ether oxygens (including phenoxy) is 1. The molecule has 6 heteroatoms. The third-order valence-electron chi connectivity index (χ3n) is 5.32. The molecule has 2 saturated heterocycles. The van der Waals surface area contributed by atoms with Crippen LogP contribution in [0.15, 0.2) is 24.3 Å². The fourth-order valence-corrected chi connectivity index (χ4v) is 3.35. The minimum absolute atomic E-state index is 0.0719. The lowest BCUT2D eigenvalue weighted by Gasteiger charge is -2.32. The molecule has 1 aromatic rings. The van der Waals surface area contributed by atoms with E-state index in [1.54, 1.807) is 0 Å². The van der Waals surface area contributed by atoms with Crippen molar-refractivity contribution in [2.45, 2.75) is 31.5 Å². The van der Waals surface area contributed by atoms with Gasteiger partial charge in [-0.25, -0.2) is 0 Å². The van der Waals surface area contributed by atoms with Crippen LogP contribution in [0, 0.1) is 0 Å². The zero-order chi connectivity index (χ0) is 17.7. The van der Waals surface area contributed by atoms with Gasteiger partial charge in [-0.2, -0.15) is 0 Å². The maximum absolute atomic E-state index is 12.3. The number of nitrogens with one attached hydrogen (secondary N) is 1. The summed E-state index contributed by atoms with van der Waals surface area (Å²) >= 11 is 0. The Kier molecular flexibility index (Phi) is 6.06. The molecule has 2 aliphatic heterocycles. The Balaban J connectivity index is 1.46. The molecule has 25 heavy (non-hydrogen) atoms. The minimum atomic E-state index is -0.778. The lowest BCUT2D eigenvalue weighted by molar-refractivity contribution is -0.129. The van der Waals surface area contributed by atoms with E-state index in [1.807, 2.05) is 0 Å². The molecule has 1 amide bonds. The first-order chi connectivity index (χ1) is 12.0. The summed E-state index contributed by atoms with van der Waals surface area (Å²) in [5.41, 5.74) is 7.85. The quantitative estimate of drug-likeness (QED) is 0.815. The number of carbonyl (C=O) groups excluding carboxylic acids is 1. The summed E-state index contributed by atoms with van der Waals surface area (Å²) in [7, 11) is 2.17. The lowest BCUT2D eigenvalue weighted by atomic mass is 9.90. The average molecular weight is 346 g/mol. The number of benzene rings is 1. The van der Waals surface area contributed by atoms with E-state index in [0.29, 0.717) is 32.6 Å². The lowest BCUT2D eigenvalue weighted by Crippen LogP contribution is -2.56. The second-order valence-corrected chi connectivity index (χ2v) is 7.35. The van der Waals surface area contributed by atoms with Gasteiger partial charge in [0, 0.05) is 52.5 Å². The highest BCUT2D eigenvalue weighted by molar-refractivity contribution is 5.86. The predicted octanol–water partition coefficient (Wildman–Crippen LogP) is 0.558. The number of rotatable bonds is 5. The number of likely N-dealkylation sites (N-methyl/N-ethyl adjacent to an activating group) is 1. The molecule has 2 aliphatic rings. The number of hydrogen-bond donors (Lipinski definition) is 2. The first kappa shape index (κ1) is 18.3. The van der Waals surface area contributed by atoms with Crippen LogP contribution in [-0.2, 0) is 22.6 Å². The predicted molar refractivity (Wildman–Crippen MR) is 98.0 cm³/mol. The highest BCUT2D eigenvalue weighted by Gasteiger charge is 2.35. The molecule has 0 saturated carbocycles. The number of nitrogens with two attached hydrogens (primary N) is 1. The van der Waals surface area contributed by atoms with Crippen LogP contribution < -0.4 is 11.1 Å². The molecule has 138 valence electrons. The number of hydrogen-bond acceptors (Lipinski definition) is 5. The number of nitrogens with zero attached hydrogens (tertiary/aromatic N) is 2. The van der Waals surface area contributed by atoms with Crippen molar-refractivity contribution < 1.29 is 9.53 Å². The molecule has 0 radical (unpaired) electrons. The molecule has 0 bridgehead atoms. The van der Waals surface area contributed by atoms with Crippen LogP contribution in [0.1, 0.15) is 24.0 Å². The van der Waals surface area contributed by atoms with E-state index in [0.717, 1.165) is 38.3 Å². The van der Waals surface area contributed by atoms with Gasteiger partial charge in [-0.1, -0.05) is 24.3 Å². The summed E-state index contributed by atoms with van der Waals surface area (Å²) in [6.07, 6.45) is 1.17. The Bertz CT molecular complexity index is 561. The van der Waals surface area contributed by atoms with Crippen LogP contribution in [-0.4, -0.2) is 67.7 Å². The van der Waals surface area contributed by atoms with Crippen molar-refractivity contribution in [3.8, 4) is 0 Å². The largest absolute Gasteiger partial charge is 0.381 e. The first-order valence-electron chi connectivity index (χ1n) is 9.19. The van der Waals surface area contributed by atoms with Crippen LogP contribution >= 0.6 is 0 Å². The molecule has 0 atom stereocenters. The zero-order valence-electron chi connectivity index (χ0n) is 15.2. The average Bonchev–Trinajstić information content (AvgIpc) is 2.63. The summed E-state index contributed by atoms with van der Waals surface area (Å²) in [6.45, 7) is 7.15. The molecule has 6 nitrogen and oxygen atoms in total. The third-order valence-corrected chi connectivity index (χ3v) is 5.32. The fourth-order valence-electron chi connectivity index (χ4n) is 3.35. The monoisotopic (exact) mass is 346 g/mol. The summed E-state index contributed by atoms with van der Waals surface area (Å²) in [4.78, 5) is 17.2. The van der Waals surface area contributed by atoms with E-state index in [2.05, 4.69) is 46.4 Å². The summed E-state index contributed by atoms with van der Waals surface area (Å²) < 4.78 is 5.29. The third kappa shape index (κ3) is 5.01. The van der Waals surface area contributed by atoms with Crippen molar-refractivity contribution in [2.75, 3.05) is 46.4 Å². The van der Waals surface area contributed by atoms with E-state index in [9.17, 15) is 4.79 Å².